The molecule has 0 fully saturated rings. The number of carboxylic acid groups (broad SMARTS) is 1. The number of rotatable bonds is 20. The van der Waals surface area contributed by atoms with E-state index in [4.69, 9.17) is 9.84 Å². The van der Waals surface area contributed by atoms with Crippen LogP contribution >= 0.6 is 0 Å². The summed E-state index contributed by atoms with van der Waals surface area (Å²) in [6.45, 7) is 2.20. The molecule has 0 bridgehead atoms. The topological polar surface area (TPSA) is 138 Å². The van der Waals surface area contributed by atoms with Crippen LogP contribution < -0.4 is 8.45 Å². The summed E-state index contributed by atoms with van der Waals surface area (Å²) in [6.07, 6.45) is 15.8. The molecule has 37 heavy (non-hydrogen) atoms. The second-order valence-electron chi connectivity index (χ2n) is 9.39. The van der Waals surface area contributed by atoms with Crippen LogP contribution in [0.2, 0.25) is 0 Å². The predicted octanol–water partition coefficient (Wildman–Crippen LogP) is 4.99. The molecule has 0 aliphatic rings. The SMILES string of the molecule is CCCCCCCCC(O)CCCCC=COc1ccc(N(S(C)(=O)=O)S(C)(=O)=O)cc1CCC(=O)O. The number of aliphatic hydroxyl groups excluding tert-OH is 1. The molecule has 1 atom stereocenters. The number of nitrogens with zero attached hydrogens (tertiary/aromatic N) is 1. The highest BCUT2D eigenvalue weighted by molar-refractivity contribution is 8.09. The van der Waals surface area contributed by atoms with Gasteiger partial charge in [0.05, 0.1) is 30.6 Å². The number of ether oxygens (including phenoxy) is 1. The van der Waals surface area contributed by atoms with Gasteiger partial charge in [-0.25, -0.2) is 16.8 Å². The van der Waals surface area contributed by atoms with E-state index in [9.17, 15) is 26.7 Å². The van der Waals surface area contributed by atoms with E-state index in [2.05, 4.69) is 6.92 Å². The van der Waals surface area contributed by atoms with Gasteiger partial charge in [-0.1, -0.05) is 51.9 Å². The summed E-state index contributed by atoms with van der Waals surface area (Å²) in [6, 6.07) is 4.05. The van der Waals surface area contributed by atoms with Crippen LogP contribution in [-0.4, -0.2) is 51.6 Å². The van der Waals surface area contributed by atoms with Crippen LogP contribution in [0.25, 0.3) is 0 Å². The van der Waals surface area contributed by atoms with Crippen LogP contribution in [0.1, 0.15) is 89.5 Å². The number of aliphatic carboxylic acids is 1. The molecule has 1 aromatic carbocycles. The van der Waals surface area contributed by atoms with E-state index < -0.39 is 26.0 Å². The van der Waals surface area contributed by atoms with Crippen LogP contribution in [0, 0.1) is 0 Å². The molecule has 0 aliphatic heterocycles. The molecule has 1 rings (SSSR count). The fourth-order valence-corrected chi connectivity index (χ4v) is 6.96. The largest absolute Gasteiger partial charge is 0.481 e. The van der Waals surface area contributed by atoms with Gasteiger partial charge in [0.1, 0.15) is 5.75 Å². The zero-order valence-corrected chi connectivity index (χ0v) is 23.9. The van der Waals surface area contributed by atoms with Crippen molar-refractivity contribution in [3.63, 3.8) is 0 Å². The summed E-state index contributed by atoms with van der Waals surface area (Å²) in [5.41, 5.74) is 0.265. The molecule has 1 unspecified atom stereocenters. The minimum atomic E-state index is -4.13. The first-order chi connectivity index (χ1) is 17.4. The van der Waals surface area contributed by atoms with Crippen molar-refractivity contribution < 1.29 is 36.6 Å². The van der Waals surface area contributed by atoms with Gasteiger partial charge < -0.3 is 14.9 Å². The predicted molar refractivity (Wildman–Crippen MR) is 147 cm³/mol. The number of aliphatic hydroxyl groups is 1. The van der Waals surface area contributed by atoms with E-state index in [-0.39, 0.29) is 24.6 Å². The number of carbonyl (C=O) groups is 1. The number of hydrogen-bond donors (Lipinski definition) is 2. The number of anilines is 1. The van der Waals surface area contributed by atoms with Crippen molar-refractivity contribution >= 4 is 31.7 Å². The van der Waals surface area contributed by atoms with Crippen molar-refractivity contribution in [3.05, 3.63) is 36.1 Å². The molecule has 0 heterocycles. The lowest BCUT2D eigenvalue weighted by atomic mass is 10.0. The molecule has 0 spiro atoms. The van der Waals surface area contributed by atoms with Crippen LogP contribution in [0.15, 0.2) is 30.5 Å². The van der Waals surface area contributed by atoms with Gasteiger partial charge in [0.25, 0.3) is 0 Å². The van der Waals surface area contributed by atoms with Gasteiger partial charge in [-0.2, -0.15) is 3.71 Å². The average Bonchev–Trinajstić information content (AvgIpc) is 2.78. The summed E-state index contributed by atoms with van der Waals surface area (Å²) in [7, 11) is -8.25. The molecule has 0 amide bonds. The van der Waals surface area contributed by atoms with Crippen LogP contribution in [0.3, 0.4) is 0 Å². The molecule has 0 aliphatic carbocycles. The van der Waals surface area contributed by atoms with E-state index in [1.54, 1.807) is 0 Å². The minimum absolute atomic E-state index is 0.0319. The fraction of sp³-hybridized carbons (Fsp3) is 0.654. The van der Waals surface area contributed by atoms with Crippen molar-refractivity contribution in [2.75, 3.05) is 16.2 Å². The Labute approximate surface area is 222 Å². The monoisotopic (exact) mass is 561 g/mol. The Morgan fingerprint density at radius 2 is 1.57 bits per heavy atom. The molecular formula is C26H43NO8S2. The molecule has 2 N–H and O–H groups in total. The Hall–Kier alpha value is -2.11. The Bertz CT molecular complexity index is 1040. The van der Waals surface area contributed by atoms with Gasteiger partial charge in [-0.15, -0.1) is 0 Å². The number of sulfonamides is 2. The maximum absolute atomic E-state index is 12.1. The summed E-state index contributed by atoms with van der Waals surface area (Å²) >= 11 is 0. The fourth-order valence-electron chi connectivity index (χ4n) is 4.00. The number of hydrogen-bond acceptors (Lipinski definition) is 7. The third-order valence-corrected chi connectivity index (χ3v) is 9.06. The second kappa shape index (κ2) is 16.7. The lowest BCUT2D eigenvalue weighted by Gasteiger charge is -2.21. The Kier molecular flexibility index (Phi) is 14.8. The van der Waals surface area contributed by atoms with Crippen LogP contribution in [-0.2, 0) is 31.3 Å². The van der Waals surface area contributed by atoms with Crippen molar-refractivity contribution in [2.24, 2.45) is 0 Å². The third kappa shape index (κ3) is 13.8. The Balaban J connectivity index is 2.64. The molecule has 212 valence electrons. The summed E-state index contributed by atoms with van der Waals surface area (Å²) < 4.78 is 54.3. The zero-order chi connectivity index (χ0) is 27.9. The molecule has 1 aromatic rings. The van der Waals surface area contributed by atoms with Gasteiger partial charge in [-0.3, -0.25) is 4.79 Å². The lowest BCUT2D eigenvalue weighted by molar-refractivity contribution is -0.136. The Morgan fingerprint density at radius 1 is 0.973 bits per heavy atom. The van der Waals surface area contributed by atoms with Gasteiger partial charge in [0.2, 0.25) is 20.0 Å². The molecular weight excluding hydrogens is 518 g/mol. The Morgan fingerprint density at radius 3 is 2.16 bits per heavy atom. The third-order valence-electron chi connectivity index (χ3n) is 5.81. The van der Waals surface area contributed by atoms with E-state index in [1.807, 2.05) is 6.08 Å². The van der Waals surface area contributed by atoms with Gasteiger partial charge >= 0.3 is 5.97 Å². The van der Waals surface area contributed by atoms with Crippen molar-refractivity contribution in [3.8, 4) is 5.75 Å². The first kappa shape index (κ1) is 32.9. The number of allylic oxidation sites excluding steroid dienone is 1. The van der Waals surface area contributed by atoms with E-state index in [1.165, 1.54) is 56.6 Å². The summed E-state index contributed by atoms with van der Waals surface area (Å²) in [5.74, 6) is -0.730. The van der Waals surface area contributed by atoms with Gasteiger partial charge in [0, 0.05) is 6.42 Å². The first-order valence-corrected chi connectivity index (χ1v) is 16.6. The summed E-state index contributed by atoms with van der Waals surface area (Å²) in [4.78, 5) is 11.1. The average molecular weight is 562 g/mol. The molecule has 0 radical (unpaired) electrons. The highest BCUT2D eigenvalue weighted by Crippen LogP contribution is 2.29. The van der Waals surface area contributed by atoms with E-state index >= 15 is 0 Å². The quantitative estimate of drug-likeness (QED) is 0.168. The number of benzene rings is 1. The normalized spacial score (nSPS) is 13.1. The van der Waals surface area contributed by atoms with Gasteiger partial charge in [-0.05, 0) is 61.9 Å². The summed E-state index contributed by atoms with van der Waals surface area (Å²) in [5, 5.41) is 19.2. The van der Waals surface area contributed by atoms with Crippen LogP contribution in [0.4, 0.5) is 5.69 Å². The number of carboxylic acids is 1. The molecule has 9 nitrogen and oxygen atoms in total. The molecule has 11 heteroatoms. The minimum Gasteiger partial charge on any atom is -0.481 e. The maximum atomic E-state index is 12.1. The molecule has 0 saturated heterocycles. The van der Waals surface area contributed by atoms with Crippen molar-refractivity contribution in [1.82, 2.24) is 0 Å². The van der Waals surface area contributed by atoms with Crippen molar-refractivity contribution in [1.29, 1.82) is 0 Å². The molecule has 0 aromatic heterocycles. The zero-order valence-electron chi connectivity index (χ0n) is 22.3. The van der Waals surface area contributed by atoms with Crippen molar-refractivity contribution in [2.45, 2.75) is 96.5 Å². The number of aryl methyl sites for hydroxylation is 1. The highest BCUT2D eigenvalue weighted by atomic mass is 32.3. The standard InChI is InChI=1S/C26H43NO8S2/c1-4-5-6-7-8-11-14-24(28)15-12-9-10-13-20-35-25-18-17-23(21-22(25)16-19-26(29)30)27(36(2,31)32)37(3,33)34/h13,17-18,20-21,24,28H,4-12,14-16,19H2,1-3H3,(H,29,30). The second-order valence-corrected chi connectivity index (χ2v) is 13.3. The van der Waals surface area contributed by atoms with E-state index in [0.717, 1.165) is 51.0 Å². The maximum Gasteiger partial charge on any atom is 0.303 e. The van der Waals surface area contributed by atoms with E-state index in [0.29, 0.717) is 15.0 Å². The molecule has 0 saturated carbocycles. The number of unbranched alkanes of at least 4 members (excludes halogenated alkanes) is 7. The smallest absolute Gasteiger partial charge is 0.303 e. The first-order valence-electron chi connectivity index (χ1n) is 12.9. The lowest BCUT2D eigenvalue weighted by Crippen LogP contribution is -2.35. The van der Waals surface area contributed by atoms with Gasteiger partial charge in [0.15, 0.2) is 0 Å². The van der Waals surface area contributed by atoms with Crippen LogP contribution in [0.5, 0.6) is 5.75 Å². The highest BCUT2D eigenvalue weighted by Gasteiger charge is 2.28.